The molecule has 0 aliphatic heterocycles. The Hall–Kier alpha value is -3.93. The molecule has 0 fully saturated rings. The highest BCUT2D eigenvalue weighted by Crippen LogP contribution is 2.27. The van der Waals surface area contributed by atoms with Crippen LogP contribution in [0, 0.1) is 13.8 Å². The summed E-state index contributed by atoms with van der Waals surface area (Å²) in [5.41, 5.74) is 6.71. The molecule has 0 unspecified atom stereocenters. The molecule has 0 aliphatic rings. The maximum absolute atomic E-state index is 12.3. The lowest BCUT2D eigenvalue weighted by Crippen LogP contribution is -2.25. The summed E-state index contributed by atoms with van der Waals surface area (Å²) in [6, 6.07) is 20.1. The first-order valence-electron chi connectivity index (χ1n) is 10.8. The Morgan fingerprint density at radius 2 is 1.73 bits per heavy atom. The van der Waals surface area contributed by atoms with Gasteiger partial charge in [0.05, 0.1) is 11.8 Å². The number of amides is 1. The highest BCUT2D eigenvalue weighted by Gasteiger charge is 2.11. The fourth-order valence-corrected chi connectivity index (χ4v) is 3.18. The van der Waals surface area contributed by atoms with Crippen molar-refractivity contribution < 1.29 is 19.1 Å². The van der Waals surface area contributed by atoms with Crippen molar-refractivity contribution in [1.29, 1.82) is 0 Å². The van der Waals surface area contributed by atoms with E-state index in [1.165, 1.54) is 6.21 Å². The Morgan fingerprint density at radius 3 is 2.42 bits per heavy atom. The predicted molar refractivity (Wildman–Crippen MR) is 129 cm³/mol. The number of ether oxygens (including phenoxy) is 2. The van der Waals surface area contributed by atoms with E-state index < -0.39 is 5.97 Å². The largest absolute Gasteiger partial charge is 0.483 e. The van der Waals surface area contributed by atoms with Crippen LogP contribution in [0.4, 0.5) is 0 Å². The normalized spacial score (nSPS) is 10.9. The molecule has 0 spiro atoms. The molecule has 0 aliphatic carbocycles. The van der Waals surface area contributed by atoms with Crippen LogP contribution in [0.2, 0.25) is 0 Å². The Labute approximate surface area is 194 Å². The third-order valence-corrected chi connectivity index (χ3v) is 5.01. The van der Waals surface area contributed by atoms with Crippen molar-refractivity contribution in [2.24, 2.45) is 5.10 Å². The standard InChI is InChI=1S/C27H28N2O4/c1-18(2)23-14-9-19(3)15-25(23)32-17-26(30)29-28-16-21-10-12-22(13-11-21)33-27(31)24-8-6-5-7-20(24)4/h5-16,18H,17H2,1-4H3,(H,29,30)/b28-16+. The monoisotopic (exact) mass is 444 g/mol. The zero-order chi connectivity index (χ0) is 23.8. The second-order valence-corrected chi connectivity index (χ2v) is 8.05. The Balaban J connectivity index is 1.50. The molecule has 0 saturated carbocycles. The first-order valence-corrected chi connectivity index (χ1v) is 10.8. The zero-order valence-electron chi connectivity index (χ0n) is 19.3. The molecule has 170 valence electrons. The van der Waals surface area contributed by atoms with Crippen LogP contribution in [0.3, 0.4) is 0 Å². The van der Waals surface area contributed by atoms with Gasteiger partial charge in [0.1, 0.15) is 11.5 Å². The van der Waals surface area contributed by atoms with Crippen LogP contribution in [-0.2, 0) is 4.79 Å². The summed E-state index contributed by atoms with van der Waals surface area (Å²) in [5, 5.41) is 3.97. The molecule has 0 saturated heterocycles. The van der Waals surface area contributed by atoms with Crippen molar-refractivity contribution in [2.75, 3.05) is 6.61 Å². The summed E-state index contributed by atoms with van der Waals surface area (Å²) in [6.45, 7) is 7.87. The molecule has 6 nitrogen and oxygen atoms in total. The molecule has 0 radical (unpaired) electrons. The molecule has 0 heterocycles. The Morgan fingerprint density at radius 1 is 1.00 bits per heavy atom. The van der Waals surface area contributed by atoms with Gasteiger partial charge in [-0.2, -0.15) is 5.10 Å². The van der Waals surface area contributed by atoms with Crippen LogP contribution in [0.25, 0.3) is 0 Å². The van der Waals surface area contributed by atoms with Gasteiger partial charge >= 0.3 is 5.97 Å². The molecule has 0 aromatic heterocycles. The fraction of sp³-hybridized carbons (Fsp3) is 0.222. The van der Waals surface area contributed by atoms with E-state index >= 15 is 0 Å². The molecule has 1 N–H and O–H groups in total. The van der Waals surface area contributed by atoms with Crippen molar-refractivity contribution in [3.8, 4) is 11.5 Å². The van der Waals surface area contributed by atoms with E-state index in [9.17, 15) is 9.59 Å². The van der Waals surface area contributed by atoms with E-state index in [-0.39, 0.29) is 12.5 Å². The number of esters is 1. The number of benzene rings is 3. The van der Waals surface area contributed by atoms with E-state index in [0.717, 1.165) is 22.3 Å². The number of carbonyl (C=O) groups excluding carboxylic acids is 2. The van der Waals surface area contributed by atoms with Gasteiger partial charge in [-0.05, 0) is 78.4 Å². The van der Waals surface area contributed by atoms with E-state index in [1.54, 1.807) is 36.4 Å². The van der Waals surface area contributed by atoms with E-state index in [0.29, 0.717) is 23.0 Å². The van der Waals surface area contributed by atoms with Crippen molar-refractivity contribution in [1.82, 2.24) is 5.43 Å². The lowest BCUT2D eigenvalue weighted by Gasteiger charge is -2.14. The number of hydrogen-bond acceptors (Lipinski definition) is 5. The second kappa shape index (κ2) is 11.1. The second-order valence-electron chi connectivity index (χ2n) is 8.05. The van der Waals surface area contributed by atoms with E-state index in [4.69, 9.17) is 9.47 Å². The Bertz CT molecular complexity index is 1150. The maximum Gasteiger partial charge on any atom is 0.343 e. The van der Waals surface area contributed by atoms with Crippen molar-refractivity contribution in [2.45, 2.75) is 33.6 Å². The fourth-order valence-electron chi connectivity index (χ4n) is 3.18. The van der Waals surface area contributed by atoms with Gasteiger partial charge in [0, 0.05) is 0 Å². The van der Waals surface area contributed by atoms with Gasteiger partial charge in [0.2, 0.25) is 0 Å². The number of nitrogens with one attached hydrogen (secondary N) is 1. The number of aryl methyl sites for hydroxylation is 2. The summed E-state index contributed by atoms with van der Waals surface area (Å²) in [7, 11) is 0. The van der Waals surface area contributed by atoms with Crippen LogP contribution < -0.4 is 14.9 Å². The summed E-state index contributed by atoms with van der Waals surface area (Å²) in [5.74, 6) is 0.666. The highest BCUT2D eigenvalue weighted by molar-refractivity contribution is 5.92. The van der Waals surface area contributed by atoms with Gasteiger partial charge in [0.25, 0.3) is 5.91 Å². The van der Waals surface area contributed by atoms with Gasteiger partial charge in [-0.15, -0.1) is 0 Å². The number of hydrazone groups is 1. The first-order chi connectivity index (χ1) is 15.8. The number of carbonyl (C=O) groups is 2. The minimum Gasteiger partial charge on any atom is -0.483 e. The molecular weight excluding hydrogens is 416 g/mol. The molecule has 0 bridgehead atoms. The SMILES string of the molecule is Cc1ccc(C(C)C)c(OCC(=O)N/N=C/c2ccc(OC(=O)c3ccccc3C)cc2)c1. The summed E-state index contributed by atoms with van der Waals surface area (Å²) in [6.07, 6.45) is 1.51. The van der Waals surface area contributed by atoms with Crippen LogP contribution >= 0.6 is 0 Å². The molecule has 0 atom stereocenters. The zero-order valence-corrected chi connectivity index (χ0v) is 19.3. The molecule has 6 heteroatoms. The molecule has 3 aromatic carbocycles. The van der Waals surface area contributed by atoms with E-state index in [1.807, 2.05) is 44.2 Å². The number of rotatable bonds is 8. The van der Waals surface area contributed by atoms with Crippen LogP contribution in [0.1, 0.15) is 52.4 Å². The van der Waals surface area contributed by atoms with Gasteiger partial charge in [-0.3, -0.25) is 4.79 Å². The average Bonchev–Trinajstić information content (AvgIpc) is 2.79. The smallest absolute Gasteiger partial charge is 0.343 e. The van der Waals surface area contributed by atoms with Gasteiger partial charge in [-0.1, -0.05) is 44.2 Å². The summed E-state index contributed by atoms with van der Waals surface area (Å²) >= 11 is 0. The van der Waals surface area contributed by atoms with Crippen molar-refractivity contribution in [3.63, 3.8) is 0 Å². The van der Waals surface area contributed by atoms with Gasteiger partial charge < -0.3 is 9.47 Å². The highest BCUT2D eigenvalue weighted by atomic mass is 16.5. The molecule has 3 rings (SSSR count). The third kappa shape index (κ3) is 6.77. The Kier molecular flexibility index (Phi) is 7.97. The van der Waals surface area contributed by atoms with Crippen molar-refractivity contribution in [3.05, 3.63) is 94.5 Å². The lowest BCUT2D eigenvalue weighted by atomic mass is 10.0. The summed E-state index contributed by atoms with van der Waals surface area (Å²) < 4.78 is 11.1. The van der Waals surface area contributed by atoms with Gasteiger partial charge in [-0.25, -0.2) is 10.2 Å². The maximum atomic E-state index is 12.3. The summed E-state index contributed by atoms with van der Waals surface area (Å²) in [4.78, 5) is 24.4. The molecule has 33 heavy (non-hydrogen) atoms. The van der Waals surface area contributed by atoms with Crippen LogP contribution in [0.5, 0.6) is 11.5 Å². The molecular formula is C27H28N2O4. The average molecular weight is 445 g/mol. The first kappa shape index (κ1) is 23.7. The minimum atomic E-state index is -0.406. The minimum absolute atomic E-state index is 0.131. The lowest BCUT2D eigenvalue weighted by molar-refractivity contribution is -0.123. The third-order valence-electron chi connectivity index (χ3n) is 5.01. The van der Waals surface area contributed by atoms with Crippen LogP contribution in [0.15, 0.2) is 71.8 Å². The number of hydrogen-bond donors (Lipinski definition) is 1. The van der Waals surface area contributed by atoms with Crippen molar-refractivity contribution >= 4 is 18.1 Å². The number of nitrogens with zero attached hydrogens (tertiary/aromatic N) is 1. The van der Waals surface area contributed by atoms with E-state index in [2.05, 4.69) is 24.4 Å². The predicted octanol–water partition coefficient (Wildman–Crippen LogP) is 5.18. The topological polar surface area (TPSA) is 77.0 Å². The van der Waals surface area contributed by atoms with Gasteiger partial charge in [0.15, 0.2) is 6.61 Å². The molecule has 1 amide bonds. The quantitative estimate of drug-likeness (QED) is 0.225. The van der Waals surface area contributed by atoms with Crippen LogP contribution in [-0.4, -0.2) is 24.7 Å². The molecule has 3 aromatic rings.